The van der Waals surface area contributed by atoms with Crippen molar-refractivity contribution in [2.45, 2.75) is 0 Å². The zero-order valence-electron chi connectivity index (χ0n) is 7.33. The fourth-order valence-corrected chi connectivity index (χ4v) is 1.45. The highest BCUT2D eigenvalue weighted by Gasteiger charge is 2.08. The second-order valence-corrected chi connectivity index (χ2v) is 3.38. The molecule has 2 rings (SSSR count). The molecule has 0 saturated heterocycles. The lowest BCUT2D eigenvalue weighted by molar-refractivity contribution is 0.103. The smallest absolute Gasteiger partial charge is 0.194 e. The predicted molar refractivity (Wildman–Crippen MR) is 55.7 cm³/mol. The molecule has 0 amide bonds. The highest BCUT2D eigenvalue weighted by molar-refractivity contribution is 6.31. The first-order valence-electron chi connectivity index (χ1n) is 4.20. The molecular formula is C11H8ClNO. The minimum Gasteiger partial charge on any atom is -0.367 e. The molecule has 1 heterocycles. The van der Waals surface area contributed by atoms with Crippen molar-refractivity contribution in [2.24, 2.45) is 0 Å². The molecule has 70 valence electrons. The van der Waals surface area contributed by atoms with Gasteiger partial charge in [0.2, 0.25) is 0 Å². The maximum atomic E-state index is 11.8. The minimum atomic E-state index is -0.0197. The molecule has 0 radical (unpaired) electrons. The van der Waals surface area contributed by atoms with Gasteiger partial charge in [-0.25, -0.2) is 0 Å². The van der Waals surface area contributed by atoms with Gasteiger partial charge in [-0.3, -0.25) is 4.79 Å². The van der Waals surface area contributed by atoms with E-state index >= 15 is 0 Å². The summed E-state index contributed by atoms with van der Waals surface area (Å²) < 4.78 is 0. The molecule has 3 heteroatoms. The number of carbonyl (C=O) groups excluding carboxylic acids is 1. The topological polar surface area (TPSA) is 32.9 Å². The first-order valence-corrected chi connectivity index (χ1v) is 4.58. The average Bonchev–Trinajstić information content (AvgIpc) is 2.69. The van der Waals surface area contributed by atoms with Crippen LogP contribution in [0.1, 0.15) is 15.9 Å². The number of halogens is 1. The van der Waals surface area contributed by atoms with Crippen molar-refractivity contribution in [3.8, 4) is 0 Å². The van der Waals surface area contributed by atoms with Crippen LogP contribution in [-0.2, 0) is 0 Å². The number of ketones is 1. The molecule has 2 aromatic rings. The van der Waals surface area contributed by atoms with E-state index in [0.29, 0.717) is 16.1 Å². The summed E-state index contributed by atoms with van der Waals surface area (Å²) in [6, 6.07) is 8.67. The monoisotopic (exact) mass is 205 g/mol. The number of aromatic nitrogens is 1. The Morgan fingerprint density at radius 1 is 1.21 bits per heavy atom. The second-order valence-electron chi connectivity index (χ2n) is 2.94. The Labute approximate surface area is 86.5 Å². The maximum absolute atomic E-state index is 11.8. The van der Waals surface area contributed by atoms with Crippen LogP contribution in [0.15, 0.2) is 42.7 Å². The number of nitrogens with one attached hydrogen (secondary N) is 1. The molecule has 0 atom stereocenters. The average molecular weight is 206 g/mol. The van der Waals surface area contributed by atoms with Crippen molar-refractivity contribution in [1.82, 2.24) is 4.98 Å². The van der Waals surface area contributed by atoms with Gasteiger partial charge in [0.05, 0.1) is 0 Å². The highest BCUT2D eigenvalue weighted by Crippen LogP contribution is 2.14. The molecule has 0 fully saturated rings. The molecule has 0 spiro atoms. The van der Waals surface area contributed by atoms with Gasteiger partial charge in [-0.2, -0.15) is 0 Å². The SMILES string of the molecule is O=C(c1cc[nH]c1)c1cccc(Cl)c1. The summed E-state index contributed by atoms with van der Waals surface area (Å²) in [5.41, 5.74) is 1.25. The highest BCUT2D eigenvalue weighted by atomic mass is 35.5. The van der Waals surface area contributed by atoms with Crippen molar-refractivity contribution in [3.63, 3.8) is 0 Å². The number of benzene rings is 1. The van der Waals surface area contributed by atoms with Gasteiger partial charge in [0.1, 0.15) is 0 Å². The Balaban J connectivity index is 2.37. The van der Waals surface area contributed by atoms with E-state index in [-0.39, 0.29) is 5.78 Å². The van der Waals surface area contributed by atoms with Crippen LogP contribution in [0, 0.1) is 0 Å². The molecule has 1 aromatic heterocycles. The van der Waals surface area contributed by atoms with Gasteiger partial charge in [0.25, 0.3) is 0 Å². The third-order valence-corrected chi connectivity index (χ3v) is 2.18. The Kier molecular flexibility index (Phi) is 2.37. The van der Waals surface area contributed by atoms with E-state index in [1.54, 1.807) is 42.7 Å². The van der Waals surface area contributed by atoms with E-state index < -0.39 is 0 Å². The van der Waals surface area contributed by atoms with Crippen LogP contribution >= 0.6 is 11.6 Å². The van der Waals surface area contributed by atoms with E-state index in [9.17, 15) is 4.79 Å². The molecule has 1 N–H and O–H groups in total. The number of rotatable bonds is 2. The first kappa shape index (κ1) is 9.03. The lowest BCUT2D eigenvalue weighted by atomic mass is 10.1. The molecule has 0 unspecified atom stereocenters. The quantitative estimate of drug-likeness (QED) is 0.752. The van der Waals surface area contributed by atoms with E-state index in [1.165, 1.54) is 0 Å². The van der Waals surface area contributed by atoms with Gasteiger partial charge < -0.3 is 4.98 Å². The van der Waals surface area contributed by atoms with Crippen LogP contribution in [-0.4, -0.2) is 10.8 Å². The molecule has 0 aliphatic rings. The van der Waals surface area contributed by atoms with Gasteiger partial charge in [0, 0.05) is 28.5 Å². The zero-order chi connectivity index (χ0) is 9.97. The predicted octanol–water partition coefficient (Wildman–Crippen LogP) is 2.90. The fraction of sp³-hybridized carbons (Fsp3) is 0. The molecule has 2 nitrogen and oxygen atoms in total. The van der Waals surface area contributed by atoms with Crippen molar-refractivity contribution >= 4 is 17.4 Å². The molecule has 0 bridgehead atoms. The Morgan fingerprint density at radius 3 is 2.71 bits per heavy atom. The third kappa shape index (κ3) is 1.70. The van der Waals surface area contributed by atoms with Crippen LogP contribution in [0.2, 0.25) is 5.02 Å². The normalized spacial score (nSPS) is 10.1. The number of carbonyl (C=O) groups is 1. The molecule has 1 aromatic carbocycles. The van der Waals surface area contributed by atoms with E-state index in [1.807, 2.05) is 0 Å². The molecular weight excluding hydrogens is 198 g/mol. The van der Waals surface area contributed by atoms with Gasteiger partial charge in [-0.1, -0.05) is 23.7 Å². The van der Waals surface area contributed by atoms with Crippen molar-refractivity contribution in [3.05, 3.63) is 58.9 Å². The van der Waals surface area contributed by atoms with E-state index in [4.69, 9.17) is 11.6 Å². The first-order chi connectivity index (χ1) is 6.77. The van der Waals surface area contributed by atoms with Gasteiger partial charge in [0.15, 0.2) is 5.78 Å². The lowest BCUT2D eigenvalue weighted by Gasteiger charge is -1.98. The molecule has 0 aliphatic carbocycles. The standard InChI is InChI=1S/C11H8ClNO/c12-10-3-1-2-8(6-10)11(14)9-4-5-13-7-9/h1-7,13H. The summed E-state index contributed by atoms with van der Waals surface area (Å²) >= 11 is 5.79. The van der Waals surface area contributed by atoms with E-state index in [2.05, 4.69) is 4.98 Å². The van der Waals surface area contributed by atoms with Gasteiger partial charge in [-0.15, -0.1) is 0 Å². The molecule has 0 saturated carbocycles. The summed E-state index contributed by atoms with van der Waals surface area (Å²) in [6.07, 6.45) is 3.39. The number of H-pyrrole nitrogens is 1. The number of aromatic amines is 1. The minimum absolute atomic E-state index is 0.0197. The Hall–Kier alpha value is -1.54. The maximum Gasteiger partial charge on any atom is 0.194 e. The fourth-order valence-electron chi connectivity index (χ4n) is 1.26. The Bertz CT molecular complexity index is 448. The lowest BCUT2D eigenvalue weighted by Crippen LogP contribution is -1.98. The van der Waals surface area contributed by atoms with Crippen LogP contribution in [0.3, 0.4) is 0 Å². The van der Waals surface area contributed by atoms with Gasteiger partial charge in [-0.05, 0) is 18.2 Å². The van der Waals surface area contributed by atoms with Crippen LogP contribution in [0.25, 0.3) is 0 Å². The summed E-state index contributed by atoms with van der Waals surface area (Å²) in [5, 5.41) is 0.575. The zero-order valence-corrected chi connectivity index (χ0v) is 8.08. The number of hydrogen-bond donors (Lipinski definition) is 1. The van der Waals surface area contributed by atoms with E-state index in [0.717, 1.165) is 0 Å². The van der Waals surface area contributed by atoms with Gasteiger partial charge >= 0.3 is 0 Å². The molecule has 14 heavy (non-hydrogen) atoms. The largest absolute Gasteiger partial charge is 0.367 e. The summed E-state index contributed by atoms with van der Waals surface area (Å²) in [5.74, 6) is -0.0197. The van der Waals surface area contributed by atoms with Crippen molar-refractivity contribution in [2.75, 3.05) is 0 Å². The van der Waals surface area contributed by atoms with Crippen LogP contribution in [0.4, 0.5) is 0 Å². The summed E-state index contributed by atoms with van der Waals surface area (Å²) in [4.78, 5) is 14.6. The summed E-state index contributed by atoms with van der Waals surface area (Å²) in [7, 11) is 0. The van der Waals surface area contributed by atoms with Crippen molar-refractivity contribution < 1.29 is 4.79 Å². The second kappa shape index (κ2) is 3.68. The number of hydrogen-bond acceptors (Lipinski definition) is 1. The van der Waals surface area contributed by atoms with Crippen molar-refractivity contribution in [1.29, 1.82) is 0 Å². The molecule has 0 aliphatic heterocycles. The van der Waals surface area contributed by atoms with Crippen LogP contribution < -0.4 is 0 Å². The summed E-state index contributed by atoms with van der Waals surface area (Å²) in [6.45, 7) is 0. The third-order valence-electron chi connectivity index (χ3n) is 1.95. The van der Waals surface area contributed by atoms with Crippen LogP contribution in [0.5, 0.6) is 0 Å². The Morgan fingerprint density at radius 2 is 2.07 bits per heavy atom.